The molecule has 0 aliphatic carbocycles. The highest BCUT2D eigenvalue weighted by molar-refractivity contribution is 7.99. The molecular formula is C18H17ClF3N3OS. The highest BCUT2D eigenvalue weighted by atomic mass is 35.5. The van der Waals surface area contributed by atoms with Gasteiger partial charge in [0.1, 0.15) is 0 Å². The zero-order valence-corrected chi connectivity index (χ0v) is 15.8. The number of carbonyl (C=O) groups excluding carboxylic acids is 1. The van der Waals surface area contributed by atoms with Gasteiger partial charge in [-0.25, -0.2) is 9.97 Å². The Morgan fingerprint density at radius 1 is 1.30 bits per heavy atom. The van der Waals surface area contributed by atoms with Gasteiger partial charge in [-0.05, 0) is 42.4 Å². The Kier molecular flexibility index (Phi) is 6.26. The Balaban J connectivity index is 1.84. The molecule has 0 spiro atoms. The van der Waals surface area contributed by atoms with Gasteiger partial charge >= 0.3 is 6.18 Å². The number of halogens is 4. The van der Waals surface area contributed by atoms with Crippen molar-refractivity contribution in [2.75, 3.05) is 18.1 Å². The fraction of sp³-hybridized carbons (Fsp3) is 0.389. The van der Waals surface area contributed by atoms with Crippen molar-refractivity contribution in [3.05, 3.63) is 46.7 Å². The molecule has 1 saturated heterocycles. The van der Waals surface area contributed by atoms with E-state index < -0.39 is 23.3 Å². The summed E-state index contributed by atoms with van der Waals surface area (Å²) in [7, 11) is 0. The summed E-state index contributed by atoms with van der Waals surface area (Å²) in [5.41, 5.74) is -1.47. The first-order valence-electron chi connectivity index (χ1n) is 8.40. The summed E-state index contributed by atoms with van der Waals surface area (Å²) in [5.74, 6) is 1.36. The Morgan fingerprint density at radius 2 is 2.04 bits per heavy atom. The molecule has 0 bridgehead atoms. The Labute approximate surface area is 163 Å². The molecule has 1 aliphatic rings. The van der Waals surface area contributed by atoms with Gasteiger partial charge in [0.05, 0.1) is 5.56 Å². The number of carbonyl (C=O) groups is 1. The lowest BCUT2D eigenvalue weighted by atomic mass is 10.0. The zero-order valence-electron chi connectivity index (χ0n) is 14.2. The van der Waals surface area contributed by atoms with Gasteiger partial charge in [0, 0.05) is 23.3 Å². The van der Waals surface area contributed by atoms with Crippen LogP contribution in [0.4, 0.5) is 13.2 Å². The second-order valence-electron chi connectivity index (χ2n) is 6.23. The van der Waals surface area contributed by atoms with Gasteiger partial charge in [-0.1, -0.05) is 23.7 Å². The molecule has 144 valence electrons. The van der Waals surface area contributed by atoms with Crippen molar-refractivity contribution in [3.63, 3.8) is 0 Å². The summed E-state index contributed by atoms with van der Waals surface area (Å²) in [5, 5.41) is 2.96. The average Bonchev–Trinajstić information content (AvgIpc) is 2.66. The third kappa shape index (κ3) is 5.13. The number of alkyl halides is 3. The van der Waals surface area contributed by atoms with E-state index in [1.54, 1.807) is 18.2 Å². The predicted octanol–water partition coefficient (Wildman–Crippen LogP) is 4.69. The molecule has 27 heavy (non-hydrogen) atoms. The number of amides is 1. The highest BCUT2D eigenvalue weighted by Crippen LogP contribution is 2.32. The lowest BCUT2D eigenvalue weighted by molar-refractivity contribution is -0.141. The lowest BCUT2D eigenvalue weighted by Crippen LogP contribution is -2.32. The molecule has 1 N–H and O–H groups in total. The molecule has 1 aromatic carbocycles. The van der Waals surface area contributed by atoms with Crippen LogP contribution < -0.4 is 5.32 Å². The normalized spacial score (nSPS) is 15.6. The van der Waals surface area contributed by atoms with E-state index in [9.17, 15) is 18.0 Å². The third-order valence-corrected chi connectivity index (χ3v) is 5.56. The number of aromatic nitrogens is 2. The Bertz CT molecular complexity index is 826. The van der Waals surface area contributed by atoms with E-state index >= 15 is 0 Å². The van der Waals surface area contributed by atoms with Crippen molar-refractivity contribution in [3.8, 4) is 11.4 Å². The predicted molar refractivity (Wildman–Crippen MR) is 99.9 cm³/mol. The quantitative estimate of drug-likeness (QED) is 0.787. The van der Waals surface area contributed by atoms with Gasteiger partial charge in [0.15, 0.2) is 11.5 Å². The summed E-state index contributed by atoms with van der Waals surface area (Å²) in [4.78, 5) is 19.9. The number of hydrogen-bond donors (Lipinski definition) is 1. The molecule has 0 radical (unpaired) electrons. The second-order valence-corrected chi connectivity index (χ2v) is 7.89. The van der Waals surface area contributed by atoms with Crippen molar-refractivity contribution >= 4 is 29.3 Å². The second kappa shape index (κ2) is 8.48. The number of nitrogens with one attached hydrogen (secondary N) is 1. The summed E-state index contributed by atoms with van der Waals surface area (Å²) in [6.45, 7) is 0.354. The monoisotopic (exact) mass is 415 g/mol. The van der Waals surface area contributed by atoms with Crippen molar-refractivity contribution < 1.29 is 18.0 Å². The molecule has 0 saturated carbocycles. The Morgan fingerprint density at radius 3 is 2.70 bits per heavy atom. The first-order valence-corrected chi connectivity index (χ1v) is 9.94. The van der Waals surface area contributed by atoms with Crippen LogP contribution in [0.5, 0.6) is 0 Å². The highest BCUT2D eigenvalue weighted by Gasteiger charge is 2.38. The molecule has 1 fully saturated rings. The molecule has 4 nitrogen and oxygen atoms in total. The number of thioether (sulfide) groups is 1. The summed E-state index contributed by atoms with van der Waals surface area (Å²) >= 11 is 7.72. The van der Waals surface area contributed by atoms with Gasteiger partial charge in [-0.15, -0.1) is 0 Å². The molecule has 2 aromatic rings. The molecule has 1 aromatic heterocycles. The van der Waals surface area contributed by atoms with E-state index in [0.29, 0.717) is 17.1 Å². The van der Waals surface area contributed by atoms with Gasteiger partial charge in [-0.2, -0.15) is 24.9 Å². The van der Waals surface area contributed by atoms with Gasteiger partial charge in [0.25, 0.3) is 5.91 Å². The van der Waals surface area contributed by atoms with Gasteiger partial charge in [-0.3, -0.25) is 4.79 Å². The standard InChI is InChI=1S/C18H17ClF3N3OS/c19-13-3-1-2-12(8-13)16-23-10-14(15(25-16)18(20,21)22)17(26)24-9-11-4-6-27-7-5-11/h1-3,8,10-11H,4-7,9H2,(H,24,26). The van der Waals surface area contributed by atoms with Crippen LogP contribution in [0, 0.1) is 5.92 Å². The number of hydrogen-bond acceptors (Lipinski definition) is 4. The van der Waals surface area contributed by atoms with E-state index in [0.717, 1.165) is 30.5 Å². The van der Waals surface area contributed by atoms with E-state index in [2.05, 4.69) is 15.3 Å². The van der Waals surface area contributed by atoms with Crippen molar-refractivity contribution in [2.24, 2.45) is 5.92 Å². The molecule has 1 amide bonds. The minimum absolute atomic E-state index is 0.134. The van der Waals surface area contributed by atoms with Crippen molar-refractivity contribution in [2.45, 2.75) is 19.0 Å². The van der Waals surface area contributed by atoms with Gasteiger partial charge < -0.3 is 5.32 Å². The van der Waals surface area contributed by atoms with Gasteiger partial charge in [0.2, 0.25) is 0 Å². The molecule has 3 rings (SSSR count). The summed E-state index contributed by atoms with van der Waals surface area (Å²) in [6.07, 6.45) is -1.95. The first kappa shape index (κ1) is 19.9. The van der Waals surface area contributed by atoms with Crippen LogP contribution >= 0.6 is 23.4 Å². The minimum atomic E-state index is -4.77. The number of rotatable bonds is 4. The molecule has 2 heterocycles. The third-order valence-electron chi connectivity index (χ3n) is 4.28. The fourth-order valence-corrected chi connectivity index (χ4v) is 4.21. The summed E-state index contributed by atoms with van der Waals surface area (Å²) < 4.78 is 40.4. The SMILES string of the molecule is O=C(NCC1CCSCC1)c1cnc(-c2cccc(Cl)c2)nc1C(F)(F)F. The Hall–Kier alpha value is -1.80. The zero-order chi connectivity index (χ0) is 19.4. The average molecular weight is 416 g/mol. The fourth-order valence-electron chi connectivity index (χ4n) is 2.81. The van der Waals surface area contributed by atoms with E-state index in [-0.39, 0.29) is 11.7 Å². The molecule has 0 unspecified atom stereocenters. The maximum atomic E-state index is 13.5. The number of benzene rings is 1. The first-order chi connectivity index (χ1) is 12.8. The van der Waals surface area contributed by atoms with Crippen molar-refractivity contribution in [1.29, 1.82) is 0 Å². The van der Waals surface area contributed by atoms with Crippen LogP contribution in [0.15, 0.2) is 30.5 Å². The van der Waals surface area contributed by atoms with Crippen LogP contribution in [0.25, 0.3) is 11.4 Å². The van der Waals surface area contributed by atoms with Crippen LogP contribution in [-0.4, -0.2) is 33.9 Å². The maximum Gasteiger partial charge on any atom is 0.434 e. The largest absolute Gasteiger partial charge is 0.434 e. The van der Waals surface area contributed by atoms with Crippen molar-refractivity contribution in [1.82, 2.24) is 15.3 Å². The maximum absolute atomic E-state index is 13.5. The van der Waals surface area contributed by atoms with E-state index in [4.69, 9.17) is 11.6 Å². The minimum Gasteiger partial charge on any atom is -0.352 e. The van der Waals surface area contributed by atoms with Crippen LogP contribution in [0.3, 0.4) is 0 Å². The van der Waals surface area contributed by atoms with E-state index in [1.807, 2.05) is 11.8 Å². The molecule has 1 aliphatic heterocycles. The topological polar surface area (TPSA) is 54.9 Å². The smallest absolute Gasteiger partial charge is 0.352 e. The number of nitrogens with zero attached hydrogens (tertiary/aromatic N) is 2. The van der Waals surface area contributed by atoms with Crippen LogP contribution in [-0.2, 0) is 6.18 Å². The van der Waals surface area contributed by atoms with E-state index in [1.165, 1.54) is 6.07 Å². The molecule has 0 atom stereocenters. The lowest BCUT2D eigenvalue weighted by Gasteiger charge is -2.21. The summed E-state index contributed by atoms with van der Waals surface area (Å²) in [6, 6.07) is 6.22. The molecular weight excluding hydrogens is 399 g/mol. The van der Waals surface area contributed by atoms with Crippen LogP contribution in [0.2, 0.25) is 5.02 Å². The molecule has 9 heteroatoms. The van der Waals surface area contributed by atoms with Crippen LogP contribution in [0.1, 0.15) is 28.9 Å².